The molecule has 1 saturated heterocycles. The highest BCUT2D eigenvalue weighted by Gasteiger charge is 2.46. The first-order valence-electron chi connectivity index (χ1n) is 5.73. The summed E-state index contributed by atoms with van der Waals surface area (Å²) in [5.41, 5.74) is 0. The van der Waals surface area contributed by atoms with Crippen molar-refractivity contribution in [2.24, 2.45) is 0 Å². The lowest BCUT2D eigenvalue weighted by atomic mass is 10.1. The molecule has 118 valence electrons. The van der Waals surface area contributed by atoms with Crippen molar-refractivity contribution >= 4 is 24.8 Å². The van der Waals surface area contributed by atoms with Crippen molar-refractivity contribution in [1.82, 2.24) is 10.2 Å². The minimum absolute atomic E-state index is 0. The molecule has 1 aliphatic rings. The SMILES string of the molecule is Cl.Cl.OCc1ccc([C@H](N2CCNCC2)C(F)(F)F)o1. The van der Waals surface area contributed by atoms with Crippen molar-refractivity contribution in [2.75, 3.05) is 26.2 Å². The third kappa shape index (κ3) is 4.53. The van der Waals surface area contributed by atoms with Gasteiger partial charge in [0.1, 0.15) is 18.1 Å². The van der Waals surface area contributed by atoms with E-state index >= 15 is 0 Å². The molecule has 0 aromatic carbocycles. The Morgan fingerprint density at radius 2 is 1.85 bits per heavy atom. The largest absolute Gasteiger partial charge is 0.462 e. The van der Waals surface area contributed by atoms with Crippen LogP contribution < -0.4 is 5.32 Å². The molecule has 2 heterocycles. The Morgan fingerprint density at radius 3 is 2.30 bits per heavy atom. The maximum absolute atomic E-state index is 13.1. The molecule has 0 bridgehead atoms. The number of piperazine rings is 1. The van der Waals surface area contributed by atoms with E-state index in [2.05, 4.69) is 5.32 Å². The predicted molar refractivity (Wildman–Crippen MR) is 72.4 cm³/mol. The first-order valence-corrected chi connectivity index (χ1v) is 5.73. The number of nitrogens with zero attached hydrogens (tertiary/aromatic N) is 1. The number of rotatable bonds is 3. The summed E-state index contributed by atoms with van der Waals surface area (Å²) in [5.74, 6) is -0.0113. The van der Waals surface area contributed by atoms with Crippen LogP contribution in [0.4, 0.5) is 13.2 Å². The van der Waals surface area contributed by atoms with Crippen LogP contribution in [0.1, 0.15) is 17.6 Å². The number of nitrogens with one attached hydrogen (secondary N) is 1. The third-order valence-electron chi connectivity index (χ3n) is 2.93. The smallest absolute Gasteiger partial charge is 0.411 e. The number of alkyl halides is 3. The van der Waals surface area contributed by atoms with Gasteiger partial charge in [0.2, 0.25) is 0 Å². The lowest BCUT2D eigenvalue weighted by Gasteiger charge is -2.34. The van der Waals surface area contributed by atoms with E-state index in [1.807, 2.05) is 0 Å². The molecule has 1 aliphatic heterocycles. The van der Waals surface area contributed by atoms with Gasteiger partial charge in [-0.1, -0.05) is 0 Å². The molecule has 2 rings (SSSR count). The quantitative estimate of drug-likeness (QED) is 0.887. The minimum Gasteiger partial charge on any atom is -0.462 e. The van der Waals surface area contributed by atoms with Crippen molar-refractivity contribution in [2.45, 2.75) is 18.8 Å². The Balaban J connectivity index is 0.00000180. The highest BCUT2D eigenvalue weighted by Crippen LogP contribution is 2.38. The van der Waals surface area contributed by atoms with Gasteiger partial charge in [0, 0.05) is 26.2 Å². The van der Waals surface area contributed by atoms with E-state index in [9.17, 15) is 13.2 Å². The molecule has 4 nitrogen and oxygen atoms in total. The Bertz CT molecular complexity index is 395. The van der Waals surface area contributed by atoms with Gasteiger partial charge in [-0.25, -0.2) is 0 Å². The minimum atomic E-state index is -4.39. The Labute approximate surface area is 127 Å². The van der Waals surface area contributed by atoms with Gasteiger partial charge in [-0.05, 0) is 12.1 Å². The zero-order valence-electron chi connectivity index (χ0n) is 10.5. The molecule has 0 aliphatic carbocycles. The molecule has 1 fully saturated rings. The van der Waals surface area contributed by atoms with Gasteiger partial charge in [0.15, 0.2) is 6.04 Å². The van der Waals surface area contributed by atoms with Crippen LogP contribution in [-0.2, 0) is 6.61 Å². The average molecular weight is 337 g/mol. The number of aliphatic hydroxyl groups excluding tert-OH is 1. The van der Waals surface area contributed by atoms with E-state index < -0.39 is 18.8 Å². The highest BCUT2D eigenvalue weighted by molar-refractivity contribution is 5.85. The van der Waals surface area contributed by atoms with Crippen LogP contribution in [0.3, 0.4) is 0 Å². The maximum atomic E-state index is 13.1. The lowest BCUT2D eigenvalue weighted by Crippen LogP contribution is -2.48. The van der Waals surface area contributed by atoms with Crippen LogP contribution in [0, 0.1) is 0 Å². The second-order valence-corrected chi connectivity index (χ2v) is 4.19. The number of furan rings is 1. The zero-order chi connectivity index (χ0) is 13.2. The van der Waals surface area contributed by atoms with Crippen molar-refractivity contribution in [3.05, 3.63) is 23.7 Å². The summed E-state index contributed by atoms with van der Waals surface area (Å²) in [6.07, 6.45) is -4.39. The molecule has 0 unspecified atom stereocenters. The number of aliphatic hydroxyl groups is 1. The Kier molecular flexibility index (Phi) is 7.90. The van der Waals surface area contributed by atoms with E-state index in [4.69, 9.17) is 9.52 Å². The summed E-state index contributed by atoms with van der Waals surface area (Å²) in [4.78, 5) is 1.34. The van der Waals surface area contributed by atoms with Gasteiger partial charge >= 0.3 is 6.18 Å². The summed E-state index contributed by atoms with van der Waals surface area (Å²) in [6, 6.07) is 0.919. The van der Waals surface area contributed by atoms with E-state index in [0.29, 0.717) is 26.2 Å². The second kappa shape index (κ2) is 8.09. The standard InChI is InChI=1S/C11H15F3N2O2.2ClH/c12-11(13,14)10(16-5-3-15-4-6-16)9-2-1-8(7-17)18-9;;/h1-2,10,15,17H,3-7H2;2*1H/t10-;;/m0../s1. The van der Waals surface area contributed by atoms with Gasteiger partial charge in [-0.15, -0.1) is 24.8 Å². The molecule has 0 amide bonds. The molecule has 20 heavy (non-hydrogen) atoms. The first kappa shape index (κ1) is 19.5. The van der Waals surface area contributed by atoms with Gasteiger partial charge in [0.25, 0.3) is 0 Å². The summed E-state index contributed by atoms with van der Waals surface area (Å²) in [6.45, 7) is 1.30. The van der Waals surface area contributed by atoms with Crippen LogP contribution in [-0.4, -0.2) is 42.4 Å². The number of hydrogen-bond donors (Lipinski definition) is 2. The fraction of sp³-hybridized carbons (Fsp3) is 0.636. The van der Waals surface area contributed by atoms with Crippen LogP contribution in [0.15, 0.2) is 16.5 Å². The number of hydrogen-bond acceptors (Lipinski definition) is 4. The van der Waals surface area contributed by atoms with E-state index in [1.54, 1.807) is 0 Å². The van der Waals surface area contributed by atoms with E-state index in [1.165, 1.54) is 17.0 Å². The van der Waals surface area contributed by atoms with Crippen molar-refractivity contribution in [3.8, 4) is 0 Å². The van der Waals surface area contributed by atoms with E-state index in [0.717, 1.165) is 0 Å². The highest BCUT2D eigenvalue weighted by atomic mass is 35.5. The van der Waals surface area contributed by atoms with Crippen molar-refractivity contribution < 1.29 is 22.7 Å². The summed E-state index contributed by atoms with van der Waals surface area (Å²) in [7, 11) is 0. The van der Waals surface area contributed by atoms with Crippen LogP contribution in [0.5, 0.6) is 0 Å². The first-order chi connectivity index (χ1) is 8.52. The van der Waals surface area contributed by atoms with E-state index in [-0.39, 0.29) is 36.3 Å². The van der Waals surface area contributed by atoms with Crippen LogP contribution >= 0.6 is 24.8 Å². The van der Waals surface area contributed by atoms with Gasteiger partial charge in [-0.2, -0.15) is 13.2 Å². The number of halogens is 5. The molecule has 1 aromatic rings. The molecule has 0 spiro atoms. The molecule has 1 atom stereocenters. The van der Waals surface area contributed by atoms with Crippen molar-refractivity contribution in [3.63, 3.8) is 0 Å². The zero-order valence-corrected chi connectivity index (χ0v) is 12.2. The monoisotopic (exact) mass is 336 g/mol. The van der Waals surface area contributed by atoms with Crippen LogP contribution in [0.25, 0.3) is 0 Å². The predicted octanol–water partition coefficient (Wildman–Crippen LogP) is 2.12. The normalized spacial score (nSPS) is 18.0. The third-order valence-corrected chi connectivity index (χ3v) is 2.93. The molecule has 0 radical (unpaired) electrons. The van der Waals surface area contributed by atoms with Crippen molar-refractivity contribution in [1.29, 1.82) is 0 Å². The molecule has 1 aromatic heterocycles. The fourth-order valence-electron chi connectivity index (χ4n) is 2.12. The van der Waals surface area contributed by atoms with Crippen LogP contribution in [0.2, 0.25) is 0 Å². The summed E-state index contributed by atoms with van der Waals surface area (Å²) >= 11 is 0. The lowest BCUT2D eigenvalue weighted by molar-refractivity contribution is -0.192. The molecule has 9 heteroatoms. The van der Waals surface area contributed by atoms with Gasteiger partial charge in [0.05, 0.1) is 0 Å². The molecule has 0 saturated carbocycles. The average Bonchev–Trinajstić information content (AvgIpc) is 2.77. The van der Waals surface area contributed by atoms with Gasteiger partial charge in [-0.3, -0.25) is 4.90 Å². The maximum Gasteiger partial charge on any atom is 0.411 e. The summed E-state index contributed by atoms with van der Waals surface area (Å²) < 4.78 is 44.4. The van der Waals surface area contributed by atoms with Gasteiger partial charge < -0.3 is 14.8 Å². The molecule has 2 N–H and O–H groups in total. The topological polar surface area (TPSA) is 48.6 Å². The molecular formula is C11H17Cl2F3N2O2. The molecular weight excluding hydrogens is 320 g/mol. The Morgan fingerprint density at radius 1 is 1.25 bits per heavy atom. The second-order valence-electron chi connectivity index (χ2n) is 4.19. The fourth-order valence-corrected chi connectivity index (χ4v) is 2.12. The summed E-state index contributed by atoms with van der Waals surface area (Å²) in [5, 5.41) is 11.9. The Hall–Kier alpha value is -0.470.